The summed E-state index contributed by atoms with van der Waals surface area (Å²) in [5.41, 5.74) is 0.861. The second-order valence-electron chi connectivity index (χ2n) is 6.61. The van der Waals surface area contributed by atoms with E-state index in [2.05, 4.69) is 30.9 Å². The zero-order valence-corrected chi connectivity index (χ0v) is 14.5. The normalized spacial score (nSPS) is 26.9. The third-order valence-electron chi connectivity index (χ3n) is 4.48. The molecule has 0 bridgehead atoms. The van der Waals surface area contributed by atoms with Gasteiger partial charge in [0.1, 0.15) is 17.5 Å². The van der Waals surface area contributed by atoms with E-state index in [1.165, 1.54) is 0 Å². The molecule has 2 fully saturated rings. The van der Waals surface area contributed by atoms with Crippen molar-refractivity contribution in [2.24, 2.45) is 0 Å². The van der Waals surface area contributed by atoms with Crippen LogP contribution < -0.4 is 5.32 Å². The van der Waals surface area contributed by atoms with Gasteiger partial charge in [0.15, 0.2) is 5.82 Å². The number of aromatic nitrogens is 5. The van der Waals surface area contributed by atoms with Gasteiger partial charge in [0.2, 0.25) is 11.8 Å². The van der Waals surface area contributed by atoms with Crippen LogP contribution in [0.3, 0.4) is 0 Å². The van der Waals surface area contributed by atoms with Gasteiger partial charge in [0.25, 0.3) is 0 Å². The van der Waals surface area contributed by atoms with Crippen molar-refractivity contribution in [2.45, 2.75) is 42.5 Å². The highest BCUT2D eigenvalue weighted by atomic mass is 32.2. The predicted molar refractivity (Wildman–Crippen MR) is 89.1 cm³/mol. The third kappa shape index (κ3) is 2.66. The highest BCUT2D eigenvalue weighted by Crippen LogP contribution is 2.56. The standard InChI is InChI=1S/C15H17N7O2S/c1-15(2)11(12-18-20-21-19-12)22-13(24)10(14(22)25-15)17-9(23)7-8-3-5-16-6-4-8/h3-6,10-11,14H,7H2,1-2H3,(H,17,23)(H,18,19,20,21)/t10?,11?,14-/m1/s1. The first-order valence-corrected chi connectivity index (χ1v) is 8.77. The van der Waals surface area contributed by atoms with Gasteiger partial charge in [0, 0.05) is 17.1 Å². The van der Waals surface area contributed by atoms with Crippen LogP contribution in [-0.2, 0) is 16.0 Å². The number of hydrogen-bond acceptors (Lipinski definition) is 7. The maximum atomic E-state index is 12.6. The third-order valence-corrected chi connectivity index (χ3v) is 6.05. The van der Waals surface area contributed by atoms with E-state index < -0.39 is 6.04 Å². The number of amides is 2. The summed E-state index contributed by atoms with van der Waals surface area (Å²) in [6.45, 7) is 4.08. The monoisotopic (exact) mass is 359 g/mol. The Morgan fingerprint density at radius 3 is 2.84 bits per heavy atom. The Hall–Kier alpha value is -2.49. The van der Waals surface area contributed by atoms with Crippen LogP contribution in [0.5, 0.6) is 0 Å². The number of tetrazole rings is 1. The topological polar surface area (TPSA) is 117 Å². The van der Waals surface area contributed by atoms with Gasteiger partial charge in [-0.3, -0.25) is 14.6 Å². The lowest BCUT2D eigenvalue weighted by molar-refractivity contribution is -0.151. The summed E-state index contributed by atoms with van der Waals surface area (Å²) in [5, 5.41) is 16.9. The molecule has 2 saturated heterocycles. The van der Waals surface area contributed by atoms with Crippen molar-refractivity contribution in [3.63, 3.8) is 0 Å². The van der Waals surface area contributed by atoms with E-state index in [1.807, 2.05) is 13.8 Å². The maximum Gasteiger partial charge on any atom is 0.249 e. The fourth-order valence-electron chi connectivity index (χ4n) is 3.36. The molecule has 10 heteroatoms. The number of nitrogens with one attached hydrogen (secondary N) is 2. The summed E-state index contributed by atoms with van der Waals surface area (Å²) in [5.74, 6) is 0.210. The zero-order valence-electron chi connectivity index (χ0n) is 13.7. The molecule has 2 aliphatic rings. The van der Waals surface area contributed by atoms with Gasteiger partial charge < -0.3 is 10.2 Å². The molecule has 0 aliphatic carbocycles. The summed E-state index contributed by atoms with van der Waals surface area (Å²) < 4.78 is -0.269. The lowest BCUT2D eigenvalue weighted by Crippen LogP contribution is -2.68. The SMILES string of the molecule is CC1(C)S[C@@H]2C(NC(=O)Cc3ccncc3)C(=O)N2C1c1nn[nH]n1. The van der Waals surface area contributed by atoms with E-state index in [1.54, 1.807) is 41.2 Å². The van der Waals surface area contributed by atoms with Gasteiger partial charge >= 0.3 is 0 Å². The van der Waals surface area contributed by atoms with Crippen LogP contribution in [0, 0.1) is 0 Å². The molecule has 0 spiro atoms. The molecule has 4 heterocycles. The fraction of sp³-hybridized carbons (Fsp3) is 0.467. The van der Waals surface area contributed by atoms with Gasteiger partial charge in [-0.25, -0.2) is 0 Å². The van der Waals surface area contributed by atoms with Crippen molar-refractivity contribution in [3.8, 4) is 0 Å². The van der Waals surface area contributed by atoms with Gasteiger partial charge in [0.05, 0.1) is 6.42 Å². The Bertz CT molecular complexity index is 795. The van der Waals surface area contributed by atoms with Crippen molar-refractivity contribution in [1.82, 2.24) is 35.8 Å². The van der Waals surface area contributed by atoms with E-state index in [9.17, 15) is 9.59 Å². The van der Waals surface area contributed by atoms with Crippen LogP contribution in [0.2, 0.25) is 0 Å². The van der Waals surface area contributed by atoms with Crippen molar-refractivity contribution < 1.29 is 9.59 Å². The minimum absolute atomic E-state index is 0.110. The first kappa shape index (κ1) is 16.0. The fourth-order valence-corrected chi connectivity index (χ4v) is 4.99. The molecule has 2 amide bonds. The summed E-state index contributed by atoms with van der Waals surface area (Å²) in [4.78, 5) is 30.6. The quantitative estimate of drug-likeness (QED) is 0.741. The van der Waals surface area contributed by atoms with Crippen LogP contribution in [0.1, 0.15) is 31.3 Å². The number of H-pyrrole nitrogens is 1. The predicted octanol–water partition coefficient (Wildman–Crippen LogP) is 0.0570. The molecule has 25 heavy (non-hydrogen) atoms. The Kier molecular flexibility index (Phi) is 3.71. The number of pyridine rings is 1. The lowest BCUT2D eigenvalue weighted by atomic mass is 9.95. The number of carbonyl (C=O) groups is 2. The van der Waals surface area contributed by atoms with E-state index in [-0.39, 0.29) is 34.4 Å². The molecule has 0 radical (unpaired) electrons. The highest BCUT2D eigenvalue weighted by molar-refractivity contribution is 8.01. The van der Waals surface area contributed by atoms with Crippen LogP contribution in [0.25, 0.3) is 0 Å². The Morgan fingerprint density at radius 1 is 1.40 bits per heavy atom. The number of β-lactam (4-membered cyclic amide) rings is 1. The van der Waals surface area contributed by atoms with Crippen molar-refractivity contribution >= 4 is 23.6 Å². The first-order valence-electron chi connectivity index (χ1n) is 7.89. The first-order chi connectivity index (χ1) is 12.0. The maximum absolute atomic E-state index is 12.6. The number of carbonyl (C=O) groups excluding carboxylic acids is 2. The van der Waals surface area contributed by atoms with E-state index in [0.29, 0.717) is 5.82 Å². The molecule has 3 atom stereocenters. The molecule has 0 aromatic carbocycles. The largest absolute Gasteiger partial charge is 0.341 e. The lowest BCUT2D eigenvalue weighted by Gasteiger charge is -2.44. The number of nitrogens with zero attached hydrogens (tertiary/aromatic N) is 5. The zero-order chi connectivity index (χ0) is 17.6. The Morgan fingerprint density at radius 2 is 2.16 bits per heavy atom. The van der Waals surface area contributed by atoms with Gasteiger partial charge in [-0.1, -0.05) is 5.21 Å². The van der Waals surface area contributed by atoms with E-state index in [0.717, 1.165) is 5.56 Å². The van der Waals surface area contributed by atoms with Crippen molar-refractivity contribution in [3.05, 3.63) is 35.9 Å². The molecule has 2 N–H and O–H groups in total. The summed E-state index contributed by atoms with van der Waals surface area (Å²) in [6, 6.07) is 2.79. The highest BCUT2D eigenvalue weighted by Gasteiger charge is 2.63. The van der Waals surface area contributed by atoms with Crippen LogP contribution in [0.15, 0.2) is 24.5 Å². The van der Waals surface area contributed by atoms with Crippen LogP contribution in [0.4, 0.5) is 0 Å². The second kappa shape index (κ2) is 5.80. The number of hydrogen-bond donors (Lipinski definition) is 2. The molecule has 2 aromatic heterocycles. The minimum Gasteiger partial charge on any atom is -0.341 e. The number of aromatic amines is 1. The molecule has 130 valence electrons. The molecule has 9 nitrogen and oxygen atoms in total. The summed E-state index contributed by atoms with van der Waals surface area (Å²) in [7, 11) is 0. The second-order valence-corrected chi connectivity index (χ2v) is 8.38. The molecule has 2 aromatic rings. The minimum atomic E-state index is -0.518. The molecule has 2 aliphatic heterocycles. The average Bonchev–Trinajstić information content (AvgIpc) is 3.18. The summed E-state index contributed by atoms with van der Waals surface area (Å²) in [6.07, 6.45) is 3.51. The van der Waals surface area contributed by atoms with Crippen LogP contribution in [-0.4, -0.2) is 58.5 Å². The Balaban J connectivity index is 1.46. The summed E-state index contributed by atoms with van der Waals surface area (Å²) >= 11 is 1.64. The number of fused-ring (bicyclic) bond motifs is 1. The van der Waals surface area contributed by atoms with Gasteiger partial charge in [-0.15, -0.1) is 22.0 Å². The Labute approximate surface area is 148 Å². The molecule has 2 unspecified atom stereocenters. The number of rotatable bonds is 4. The van der Waals surface area contributed by atoms with Gasteiger partial charge in [-0.05, 0) is 31.5 Å². The van der Waals surface area contributed by atoms with E-state index >= 15 is 0 Å². The smallest absolute Gasteiger partial charge is 0.249 e. The van der Waals surface area contributed by atoms with E-state index in [4.69, 9.17) is 0 Å². The molecule has 4 rings (SSSR count). The average molecular weight is 359 g/mol. The molecule has 0 saturated carbocycles. The van der Waals surface area contributed by atoms with Crippen LogP contribution >= 0.6 is 11.8 Å². The number of thioether (sulfide) groups is 1. The molecular formula is C15H17N7O2S. The van der Waals surface area contributed by atoms with Crippen molar-refractivity contribution in [1.29, 1.82) is 0 Å². The van der Waals surface area contributed by atoms with Gasteiger partial charge in [-0.2, -0.15) is 5.21 Å². The van der Waals surface area contributed by atoms with Crippen molar-refractivity contribution in [2.75, 3.05) is 0 Å². The molecular weight excluding hydrogens is 342 g/mol.